The largest absolute Gasteiger partial charge is 0.481 e. The van der Waals surface area contributed by atoms with Crippen molar-refractivity contribution in [2.75, 3.05) is 17.3 Å². The van der Waals surface area contributed by atoms with Gasteiger partial charge in [0, 0.05) is 24.1 Å². The van der Waals surface area contributed by atoms with Gasteiger partial charge >= 0.3 is 11.9 Å². The van der Waals surface area contributed by atoms with E-state index in [1.54, 1.807) is 36.4 Å². The van der Waals surface area contributed by atoms with E-state index in [1.807, 2.05) is 12.1 Å². The van der Waals surface area contributed by atoms with Gasteiger partial charge in [-0.1, -0.05) is 69.3 Å². The van der Waals surface area contributed by atoms with Gasteiger partial charge in [-0.15, -0.1) is 0 Å². The Bertz CT molecular complexity index is 1600. The number of benzene rings is 3. The molecule has 8 heteroatoms. The second-order valence-corrected chi connectivity index (χ2v) is 12.1. The molecule has 3 aromatic rings. The maximum absolute atomic E-state index is 14.2. The number of hydrogen-bond donors (Lipinski definition) is 2. The second-order valence-electron chi connectivity index (χ2n) is 12.1. The number of para-hydroxylation sites is 2. The summed E-state index contributed by atoms with van der Waals surface area (Å²) in [5.41, 5.74) is 5.66. The first-order chi connectivity index (χ1) is 20.5. The average molecular weight is 581 g/mol. The third-order valence-electron chi connectivity index (χ3n) is 8.21. The number of ether oxygens (including phenoxy) is 1. The van der Waals surface area contributed by atoms with Crippen molar-refractivity contribution in [2.24, 2.45) is 0 Å². The van der Waals surface area contributed by atoms with E-state index in [0.717, 1.165) is 11.3 Å². The average Bonchev–Trinajstić information content (AvgIpc) is 3.14. The number of carboxylic acids is 1. The van der Waals surface area contributed by atoms with Crippen molar-refractivity contribution in [1.29, 1.82) is 0 Å². The first kappa shape index (κ1) is 29.8. The summed E-state index contributed by atoms with van der Waals surface area (Å²) in [6.07, 6.45) is 0.239. The highest BCUT2D eigenvalue weighted by atomic mass is 16.5. The van der Waals surface area contributed by atoms with Crippen molar-refractivity contribution in [3.8, 4) is 0 Å². The van der Waals surface area contributed by atoms with Gasteiger partial charge in [0.1, 0.15) is 0 Å². The van der Waals surface area contributed by atoms with Crippen LogP contribution in [0.2, 0.25) is 0 Å². The van der Waals surface area contributed by atoms with E-state index in [9.17, 15) is 24.3 Å². The lowest BCUT2D eigenvalue weighted by Crippen LogP contribution is -2.38. The summed E-state index contributed by atoms with van der Waals surface area (Å²) in [7, 11) is 1.30. The molecule has 222 valence electrons. The molecule has 5 rings (SSSR count). The van der Waals surface area contributed by atoms with Crippen LogP contribution in [0.5, 0.6) is 0 Å². The monoisotopic (exact) mass is 580 g/mol. The third kappa shape index (κ3) is 6.09. The molecule has 43 heavy (non-hydrogen) atoms. The number of Topliss-reactive ketones (excluding diaryl/α,β-unsaturated/α-hetero) is 1. The lowest BCUT2D eigenvalue weighted by molar-refractivity contribution is -0.138. The van der Waals surface area contributed by atoms with Crippen LogP contribution >= 0.6 is 0 Å². The van der Waals surface area contributed by atoms with Crippen molar-refractivity contribution < 1.29 is 29.0 Å². The fourth-order valence-corrected chi connectivity index (χ4v) is 5.93. The van der Waals surface area contributed by atoms with Crippen LogP contribution in [-0.2, 0) is 24.5 Å². The molecule has 1 amide bonds. The Morgan fingerprint density at radius 2 is 1.56 bits per heavy atom. The minimum Gasteiger partial charge on any atom is -0.481 e. The van der Waals surface area contributed by atoms with E-state index in [2.05, 4.69) is 50.4 Å². The summed E-state index contributed by atoms with van der Waals surface area (Å²) >= 11 is 0. The first-order valence-corrected chi connectivity index (χ1v) is 14.4. The van der Waals surface area contributed by atoms with E-state index >= 15 is 0 Å². The molecule has 0 saturated heterocycles. The Morgan fingerprint density at radius 1 is 0.907 bits per heavy atom. The van der Waals surface area contributed by atoms with E-state index in [-0.39, 0.29) is 36.4 Å². The number of esters is 1. The summed E-state index contributed by atoms with van der Waals surface area (Å²) < 4.78 is 4.85. The molecule has 0 radical (unpaired) electrons. The van der Waals surface area contributed by atoms with Crippen molar-refractivity contribution in [3.05, 3.63) is 106 Å². The highest BCUT2D eigenvalue weighted by Gasteiger charge is 2.41. The molecular formula is C35H36N2O6. The number of aliphatic carboxylic acids is 1. The maximum atomic E-state index is 14.2. The predicted molar refractivity (Wildman–Crippen MR) is 164 cm³/mol. The SMILES string of the molecule is COC(=O)c1ccc([C@@H]2C3=C(C[C@H](c4ccc(C(C)(C)C)cc4)CC3=O)Nc3ccccc3N2C(=O)CCC(=O)O)cc1. The van der Waals surface area contributed by atoms with Crippen molar-refractivity contribution >= 4 is 35.0 Å². The van der Waals surface area contributed by atoms with Gasteiger partial charge in [0.25, 0.3) is 0 Å². The minimum atomic E-state index is -1.08. The van der Waals surface area contributed by atoms with Gasteiger partial charge in [-0.05, 0) is 58.7 Å². The van der Waals surface area contributed by atoms with Crippen LogP contribution in [0.4, 0.5) is 11.4 Å². The fraction of sp³-hybridized carbons (Fsp3) is 0.314. The normalized spacial score (nSPS) is 18.2. The van der Waals surface area contributed by atoms with Crippen LogP contribution in [0.25, 0.3) is 0 Å². The summed E-state index contributed by atoms with van der Waals surface area (Å²) in [6.45, 7) is 6.49. The Hall–Kier alpha value is -4.72. The molecule has 2 atom stereocenters. The summed E-state index contributed by atoms with van der Waals surface area (Å²) in [5.74, 6) is -2.15. The number of fused-ring (bicyclic) bond motifs is 1. The van der Waals surface area contributed by atoms with Gasteiger partial charge in [0.15, 0.2) is 5.78 Å². The predicted octanol–water partition coefficient (Wildman–Crippen LogP) is 6.54. The topological polar surface area (TPSA) is 113 Å². The number of rotatable bonds is 6. The van der Waals surface area contributed by atoms with Crippen LogP contribution in [0.15, 0.2) is 84.1 Å². The zero-order valence-corrected chi connectivity index (χ0v) is 24.8. The molecule has 3 aromatic carbocycles. The number of methoxy groups -OCH3 is 1. The second kappa shape index (κ2) is 11.9. The van der Waals surface area contributed by atoms with Gasteiger partial charge in [-0.2, -0.15) is 0 Å². The zero-order valence-electron chi connectivity index (χ0n) is 24.8. The molecule has 1 heterocycles. The van der Waals surface area contributed by atoms with E-state index < -0.39 is 23.9 Å². The Kier molecular flexibility index (Phi) is 8.22. The molecular weight excluding hydrogens is 544 g/mol. The standard InChI is InChI=1S/C35H36N2O6/c1-35(2,3)25-15-13-21(14-16-25)24-19-27-32(29(38)20-24)33(22-9-11-23(12-10-22)34(42)43-4)37(30(39)17-18-31(40)41)28-8-6-5-7-26(28)36-27/h5-16,24,33,36H,17-20H2,1-4H3,(H,40,41)/t24-,33+/m0/s1. The van der Waals surface area contributed by atoms with Crippen molar-refractivity contribution in [2.45, 2.75) is 63.8 Å². The Labute approximate surface area is 251 Å². The third-order valence-corrected chi connectivity index (χ3v) is 8.21. The molecule has 1 aliphatic heterocycles. The van der Waals surface area contributed by atoms with Crippen LogP contribution in [-0.4, -0.2) is 35.8 Å². The fourth-order valence-electron chi connectivity index (χ4n) is 5.93. The molecule has 2 N–H and O–H groups in total. The first-order valence-electron chi connectivity index (χ1n) is 14.4. The molecule has 0 saturated carbocycles. The van der Waals surface area contributed by atoms with E-state index in [1.165, 1.54) is 17.6 Å². The van der Waals surface area contributed by atoms with E-state index in [0.29, 0.717) is 34.5 Å². The number of anilines is 2. The summed E-state index contributed by atoms with van der Waals surface area (Å²) in [4.78, 5) is 53.1. The molecule has 0 spiro atoms. The maximum Gasteiger partial charge on any atom is 0.337 e. The number of carbonyl (C=O) groups is 4. The summed E-state index contributed by atoms with van der Waals surface area (Å²) in [6, 6.07) is 21.6. The Balaban J connectivity index is 1.64. The van der Waals surface area contributed by atoms with Crippen LogP contribution in [0, 0.1) is 0 Å². The smallest absolute Gasteiger partial charge is 0.337 e. The van der Waals surface area contributed by atoms with Gasteiger partial charge in [0.05, 0.1) is 36.5 Å². The van der Waals surface area contributed by atoms with Crippen LogP contribution in [0.1, 0.15) is 85.5 Å². The quantitative estimate of drug-likeness (QED) is 0.319. The number of carboxylic acid groups (broad SMARTS) is 1. The molecule has 8 nitrogen and oxygen atoms in total. The number of carbonyl (C=O) groups excluding carboxylic acids is 3. The molecule has 0 bridgehead atoms. The lowest BCUT2D eigenvalue weighted by Gasteiger charge is -2.35. The van der Waals surface area contributed by atoms with Gasteiger partial charge in [-0.3, -0.25) is 19.3 Å². The molecule has 0 aromatic heterocycles. The molecule has 1 aliphatic carbocycles. The van der Waals surface area contributed by atoms with Gasteiger partial charge < -0.3 is 15.2 Å². The van der Waals surface area contributed by atoms with Gasteiger partial charge in [0.2, 0.25) is 5.91 Å². The Morgan fingerprint density at radius 3 is 2.19 bits per heavy atom. The summed E-state index contributed by atoms with van der Waals surface area (Å²) in [5, 5.41) is 12.8. The lowest BCUT2D eigenvalue weighted by atomic mass is 9.77. The highest BCUT2D eigenvalue weighted by molar-refractivity contribution is 6.06. The molecule has 0 unspecified atom stereocenters. The molecule has 0 fully saturated rings. The number of allylic oxidation sites excluding steroid dienone is 1. The van der Waals surface area contributed by atoms with Crippen molar-refractivity contribution in [3.63, 3.8) is 0 Å². The highest BCUT2D eigenvalue weighted by Crippen LogP contribution is 2.47. The number of nitrogens with zero attached hydrogens (tertiary/aromatic N) is 1. The zero-order chi connectivity index (χ0) is 30.9. The number of hydrogen-bond acceptors (Lipinski definition) is 6. The minimum absolute atomic E-state index is 0.0104. The van der Waals surface area contributed by atoms with Crippen LogP contribution in [0.3, 0.4) is 0 Å². The number of ketones is 1. The van der Waals surface area contributed by atoms with Gasteiger partial charge in [-0.25, -0.2) is 4.79 Å². The number of nitrogens with one attached hydrogen (secondary N) is 1. The number of amides is 1. The van der Waals surface area contributed by atoms with Crippen molar-refractivity contribution in [1.82, 2.24) is 0 Å². The molecule has 2 aliphatic rings. The van der Waals surface area contributed by atoms with Crippen LogP contribution < -0.4 is 10.2 Å². The van der Waals surface area contributed by atoms with E-state index in [4.69, 9.17) is 4.74 Å².